The van der Waals surface area contributed by atoms with E-state index in [9.17, 15) is 13.2 Å². The maximum atomic E-state index is 13.1. The molecular formula is C14H16F3NO2. The van der Waals surface area contributed by atoms with E-state index in [0.717, 1.165) is 18.9 Å². The highest BCUT2D eigenvalue weighted by atomic mass is 19.4. The smallest absolute Gasteiger partial charge is 0.366 e. The molecule has 0 radical (unpaired) electrons. The molecular weight excluding hydrogens is 271 g/mol. The monoisotopic (exact) mass is 287 g/mol. The number of anilines is 1. The van der Waals surface area contributed by atoms with Gasteiger partial charge < -0.3 is 14.4 Å². The van der Waals surface area contributed by atoms with E-state index in [4.69, 9.17) is 9.47 Å². The second kappa shape index (κ2) is 4.93. The van der Waals surface area contributed by atoms with Crippen molar-refractivity contribution in [2.24, 2.45) is 0 Å². The predicted molar refractivity (Wildman–Crippen MR) is 67.5 cm³/mol. The average Bonchev–Trinajstić information content (AvgIpc) is 2.86. The third-order valence-electron chi connectivity index (χ3n) is 3.78. The molecule has 6 heteroatoms. The van der Waals surface area contributed by atoms with Crippen molar-refractivity contribution in [3.63, 3.8) is 0 Å². The Morgan fingerprint density at radius 3 is 2.50 bits per heavy atom. The SMILES string of the molecule is FC(F)(F)c1ccccc1N1CCCC2(C1)OCCO2. The minimum absolute atomic E-state index is 0.207. The molecule has 2 aliphatic rings. The van der Waals surface area contributed by atoms with Crippen molar-refractivity contribution in [2.75, 3.05) is 31.2 Å². The standard InChI is InChI=1S/C14H16F3NO2/c15-14(16,17)11-4-1-2-5-12(11)18-7-3-6-13(10-18)19-8-9-20-13/h1-2,4-5H,3,6-10H2. The summed E-state index contributed by atoms with van der Waals surface area (Å²) in [6.45, 7) is 1.95. The van der Waals surface area contributed by atoms with Gasteiger partial charge in [-0.1, -0.05) is 12.1 Å². The van der Waals surface area contributed by atoms with E-state index < -0.39 is 17.5 Å². The summed E-state index contributed by atoms with van der Waals surface area (Å²) in [4.78, 5) is 1.72. The van der Waals surface area contributed by atoms with Gasteiger partial charge in [-0.2, -0.15) is 13.2 Å². The Bertz CT molecular complexity index is 484. The average molecular weight is 287 g/mol. The van der Waals surface area contributed by atoms with Gasteiger partial charge in [0.05, 0.1) is 25.3 Å². The van der Waals surface area contributed by atoms with Crippen LogP contribution >= 0.6 is 0 Å². The number of alkyl halides is 3. The van der Waals surface area contributed by atoms with Gasteiger partial charge in [0.2, 0.25) is 0 Å². The summed E-state index contributed by atoms with van der Waals surface area (Å²) in [6, 6.07) is 5.67. The molecule has 1 aromatic rings. The Kier molecular flexibility index (Phi) is 3.38. The normalized spacial score (nSPS) is 22.4. The molecule has 2 fully saturated rings. The molecule has 110 valence electrons. The minimum atomic E-state index is -4.35. The highest BCUT2D eigenvalue weighted by Gasteiger charge is 2.43. The van der Waals surface area contributed by atoms with Crippen LogP contribution < -0.4 is 4.90 Å². The van der Waals surface area contributed by atoms with Gasteiger partial charge in [-0.15, -0.1) is 0 Å². The molecule has 0 aromatic heterocycles. The number of hydrogen-bond donors (Lipinski definition) is 0. The van der Waals surface area contributed by atoms with Crippen molar-refractivity contribution in [3.05, 3.63) is 29.8 Å². The van der Waals surface area contributed by atoms with E-state index in [2.05, 4.69) is 0 Å². The summed E-state index contributed by atoms with van der Waals surface area (Å²) in [5, 5.41) is 0. The van der Waals surface area contributed by atoms with Crippen molar-refractivity contribution in [3.8, 4) is 0 Å². The second-order valence-electron chi connectivity index (χ2n) is 5.15. The van der Waals surface area contributed by atoms with Gasteiger partial charge in [0, 0.05) is 18.7 Å². The summed E-state index contributed by atoms with van der Waals surface area (Å²) >= 11 is 0. The number of nitrogens with zero attached hydrogens (tertiary/aromatic N) is 1. The molecule has 0 aliphatic carbocycles. The van der Waals surface area contributed by atoms with E-state index in [0.29, 0.717) is 26.3 Å². The maximum Gasteiger partial charge on any atom is 0.418 e. The van der Waals surface area contributed by atoms with Gasteiger partial charge in [0.1, 0.15) is 0 Å². The first-order chi connectivity index (χ1) is 9.50. The quantitative estimate of drug-likeness (QED) is 0.792. The third kappa shape index (κ3) is 2.50. The van der Waals surface area contributed by atoms with Crippen LogP contribution in [0, 0.1) is 0 Å². The van der Waals surface area contributed by atoms with Crippen LogP contribution in [0.2, 0.25) is 0 Å². The molecule has 1 spiro atoms. The molecule has 0 saturated carbocycles. The van der Waals surface area contributed by atoms with Crippen LogP contribution in [0.15, 0.2) is 24.3 Å². The molecule has 3 rings (SSSR count). The summed E-state index contributed by atoms with van der Waals surface area (Å²) < 4.78 is 50.5. The lowest BCUT2D eigenvalue weighted by atomic mass is 10.0. The maximum absolute atomic E-state index is 13.1. The van der Waals surface area contributed by atoms with Crippen LogP contribution in [0.25, 0.3) is 0 Å². The zero-order valence-corrected chi connectivity index (χ0v) is 10.9. The first-order valence-corrected chi connectivity index (χ1v) is 6.69. The lowest BCUT2D eigenvalue weighted by molar-refractivity contribution is -0.161. The number of piperidine rings is 1. The van der Waals surface area contributed by atoms with E-state index in [1.54, 1.807) is 11.0 Å². The van der Waals surface area contributed by atoms with Gasteiger partial charge in [0.15, 0.2) is 5.79 Å². The number of ether oxygens (including phenoxy) is 2. The Morgan fingerprint density at radius 2 is 1.80 bits per heavy atom. The molecule has 0 N–H and O–H groups in total. The van der Waals surface area contributed by atoms with Crippen LogP contribution in [-0.2, 0) is 15.7 Å². The number of halogens is 3. The summed E-state index contributed by atoms with van der Waals surface area (Å²) in [5.74, 6) is -0.725. The van der Waals surface area contributed by atoms with Crippen molar-refractivity contribution in [1.29, 1.82) is 0 Å². The lowest BCUT2D eigenvalue weighted by Crippen LogP contribution is -2.49. The minimum Gasteiger partial charge on any atom is -0.366 e. The van der Waals surface area contributed by atoms with E-state index >= 15 is 0 Å². The van der Waals surface area contributed by atoms with Crippen LogP contribution in [-0.4, -0.2) is 32.1 Å². The Balaban J connectivity index is 1.89. The van der Waals surface area contributed by atoms with Crippen LogP contribution in [0.5, 0.6) is 0 Å². The first kappa shape index (κ1) is 13.7. The van der Waals surface area contributed by atoms with Gasteiger partial charge in [-0.3, -0.25) is 0 Å². The molecule has 2 saturated heterocycles. The van der Waals surface area contributed by atoms with Crippen molar-refractivity contribution in [1.82, 2.24) is 0 Å². The Labute approximate surface area is 115 Å². The fraction of sp³-hybridized carbons (Fsp3) is 0.571. The Hall–Kier alpha value is -1.27. The molecule has 0 atom stereocenters. The van der Waals surface area contributed by atoms with Crippen molar-refractivity contribution < 1.29 is 22.6 Å². The molecule has 0 bridgehead atoms. The molecule has 1 aromatic carbocycles. The van der Waals surface area contributed by atoms with Gasteiger partial charge >= 0.3 is 6.18 Å². The van der Waals surface area contributed by atoms with Crippen LogP contribution in [0.1, 0.15) is 18.4 Å². The fourth-order valence-electron chi connectivity index (χ4n) is 2.92. The lowest BCUT2D eigenvalue weighted by Gasteiger charge is -2.40. The molecule has 0 amide bonds. The largest absolute Gasteiger partial charge is 0.418 e. The zero-order chi connectivity index (χ0) is 14.2. The summed E-state index contributed by atoms with van der Waals surface area (Å²) in [5.41, 5.74) is -0.395. The highest BCUT2D eigenvalue weighted by molar-refractivity contribution is 5.55. The molecule has 3 nitrogen and oxygen atoms in total. The van der Waals surface area contributed by atoms with Gasteiger partial charge in [0.25, 0.3) is 0 Å². The number of benzene rings is 1. The topological polar surface area (TPSA) is 21.7 Å². The van der Waals surface area contributed by atoms with E-state index in [1.165, 1.54) is 12.1 Å². The number of para-hydroxylation sites is 1. The molecule has 2 aliphatic heterocycles. The highest BCUT2D eigenvalue weighted by Crippen LogP contribution is 2.39. The van der Waals surface area contributed by atoms with E-state index in [1.807, 2.05) is 0 Å². The molecule has 2 heterocycles. The fourth-order valence-corrected chi connectivity index (χ4v) is 2.92. The molecule has 20 heavy (non-hydrogen) atoms. The predicted octanol–water partition coefficient (Wildman–Crippen LogP) is 3.05. The van der Waals surface area contributed by atoms with Crippen molar-refractivity contribution >= 4 is 5.69 Å². The summed E-state index contributed by atoms with van der Waals surface area (Å²) in [7, 11) is 0. The van der Waals surface area contributed by atoms with Crippen LogP contribution in [0.4, 0.5) is 18.9 Å². The van der Waals surface area contributed by atoms with Crippen LogP contribution in [0.3, 0.4) is 0 Å². The van der Waals surface area contributed by atoms with E-state index in [-0.39, 0.29) is 5.69 Å². The first-order valence-electron chi connectivity index (χ1n) is 6.69. The van der Waals surface area contributed by atoms with Crippen molar-refractivity contribution in [2.45, 2.75) is 24.8 Å². The second-order valence-corrected chi connectivity index (χ2v) is 5.15. The van der Waals surface area contributed by atoms with Gasteiger partial charge in [-0.25, -0.2) is 0 Å². The third-order valence-corrected chi connectivity index (χ3v) is 3.78. The molecule has 0 unspecified atom stereocenters. The zero-order valence-electron chi connectivity index (χ0n) is 10.9. The number of hydrogen-bond acceptors (Lipinski definition) is 3. The summed E-state index contributed by atoms with van der Waals surface area (Å²) in [6.07, 6.45) is -2.86. The Morgan fingerprint density at radius 1 is 1.10 bits per heavy atom. The van der Waals surface area contributed by atoms with Gasteiger partial charge in [-0.05, 0) is 18.6 Å². The number of rotatable bonds is 1.